The molecule has 0 saturated carbocycles. The van der Waals surface area contributed by atoms with Crippen molar-refractivity contribution in [2.45, 2.75) is 25.6 Å². The van der Waals surface area contributed by atoms with Crippen LogP contribution < -0.4 is 5.73 Å². The van der Waals surface area contributed by atoms with Gasteiger partial charge in [-0.1, -0.05) is 17.8 Å². The lowest BCUT2D eigenvalue weighted by molar-refractivity contribution is -0.109. The van der Waals surface area contributed by atoms with E-state index in [1.165, 1.54) is 32.2 Å². The van der Waals surface area contributed by atoms with Gasteiger partial charge in [-0.15, -0.1) is 0 Å². The zero-order chi connectivity index (χ0) is 16.0. The molecule has 2 unspecified atom stereocenters. The van der Waals surface area contributed by atoms with Crippen molar-refractivity contribution in [2.24, 2.45) is 0 Å². The van der Waals surface area contributed by atoms with E-state index < -0.39 is 18.2 Å². The molecule has 1 aromatic rings. The Balaban J connectivity index is 2.75. The smallest absolute Gasteiger partial charge is 0.337 e. The van der Waals surface area contributed by atoms with Crippen LogP contribution >= 0.6 is 11.8 Å². The summed E-state index contributed by atoms with van der Waals surface area (Å²) < 4.78 is 4.57. The molecular formula is C14H19NO5S. The molecule has 2 atom stereocenters. The molecule has 0 aliphatic rings. The number of nitrogens with two attached hydrogens (primary N) is 1. The van der Waals surface area contributed by atoms with Crippen molar-refractivity contribution in [3.63, 3.8) is 0 Å². The fourth-order valence-electron chi connectivity index (χ4n) is 1.78. The molecular weight excluding hydrogens is 294 g/mol. The molecule has 0 spiro atoms. The average Bonchev–Trinajstić information content (AvgIpc) is 2.45. The largest absolute Gasteiger partial charge is 0.465 e. The highest BCUT2D eigenvalue weighted by molar-refractivity contribution is 8.13. The van der Waals surface area contributed by atoms with E-state index in [-0.39, 0.29) is 22.8 Å². The maximum atomic E-state index is 11.4. The summed E-state index contributed by atoms with van der Waals surface area (Å²) in [5.41, 5.74) is 6.60. The molecule has 0 heterocycles. The molecule has 0 fully saturated rings. The van der Waals surface area contributed by atoms with Crippen molar-refractivity contribution in [1.29, 1.82) is 0 Å². The number of carbonyl (C=O) groups excluding carboxylic acids is 2. The topological polar surface area (TPSA) is 110 Å². The van der Waals surface area contributed by atoms with Crippen LogP contribution in [0.3, 0.4) is 0 Å². The Hall–Kier alpha value is -1.57. The van der Waals surface area contributed by atoms with Crippen molar-refractivity contribution in [3.05, 3.63) is 29.3 Å². The third-order valence-corrected chi connectivity index (χ3v) is 3.76. The van der Waals surface area contributed by atoms with Gasteiger partial charge in [0, 0.05) is 23.9 Å². The Morgan fingerprint density at radius 2 is 2.05 bits per heavy atom. The van der Waals surface area contributed by atoms with Crippen LogP contribution in [0.2, 0.25) is 0 Å². The van der Waals surface area contributed by atoms with Crippen LogP contribution in [0.15, 0.2) is 18.2 Å². The number of hydrogen-bond acceptors (Lipinski definition) is 7. The molecule has 0 aromatic heterocycles. The first-order chi connectivity index (χ1) is 9.86. The Morgan fingerprint density at radius 1 is 1.38 bits per heavy atom. The van der Waals surface area contributed by atoms with E-state index in [1.807, 2.05) is 0 Å². The van der Waals surface area contributed by atoms with Crippen molar-refractivity contribution in [1.82, 2.24) is 0 Å². The number of aliphatic hydroxyl groups is 2. The van der Waals surface area contributed by atoms with Gasteiger partial charge in [-0.3, -0.25) is 4.79 Å². The molecule has 0 amide bonds. The summed E-state index contributed by atoms with van der Waals surface area (Å²) in [4.78, 5) is 22.2. The van der Waals surface area contributed by atoms with Crippen LogP contribution in [0.4, 0.5) is 5.69 Å². The van der Waals surface area contributed by atoms with E-state index >= 15 is 0 Å². The van der Waals surface area contributed by atoms with Gasteiger partial charge in [0.2, 0.25) is 0 Å². The highest BCUT2D eigenvalue weighted by atomic mass is 32.2. The van der Waals surface area contributed by atoms with Crippen molar-refractivity contribution < 1.29 is 24.5 Å². The molecule has 0 aliphatic carbocycles. The van der Waals surface area contributed by atoms with Crippen LogP contribution in [-0.2, 0) is 9.53 Å². The highest BCUT2D eigenvalue weighted by Crippen LogP contribution is 2.26. The van der Waals surface area contributed by atoms with Crippen molar-refractivity contribution >= 4 is 28.5 Å². The van der Waals surface area contributed by atoms with E-state index in [1.54, 1.807) is 0 Å². The maximum Gasteiger partial charge on any atom is 0.337 e. The highest BCUT2D eigenvalue weighted by Gasteiger charge is 2.21. The molecule has 0 bridgehead atoms. The molecule has 21 heavy (non-hydrogen) atoms. The van der Waals surface area contributed by atoms with Gasteiger partial charge < -0.3 is 20.7 Å². The third kappa shape index (κ3) is 5.04. The first-order valence-corrected chi connectivity index (χ1v) is 7.32. The van der Waals surface area contributed by atoms with Crippen LogP contribution in [0.1, 0.15) is 35.4 Å². The standard InChI is InChI=1S/C14H19NO5S/c1-8(16)21-6-5-12(17)13(18)10-4-3-9(7-11(10)15)14(19)20-2/h3-4,7,12-13,17-18H,5-6,15H2,1-2H3. The van der Waals surface area contributed by atoms with Gasteiger partial charge in [0.15, 0.2) is 5.12 Å². The molecule has 1 rings (SSSR count). The first-order valence-electron chi connectivity index (χ1n) is 6.34. The number of benzene rings is 1. The Bertz CT molecular complexity index is 520. The number of thioether (sulfide) groups is 1. The molecule has 116 valence electrons. The summed E-state index contributed by atoms with van der Waals surface area (Å²) in [7, 11) is 1.26. The number of nitrogen functional groups attached to an aromatic ring is 1. The summed E-state index contributed by atoms with van der Waals surface area (Å²) in [6.07, 6.45) is -1.96. The number of rotatable bonds is 6. The molecule has 7 heteroatoms. The molecule has 4 N–H and O–H groups in total. The zero-order valence-electron chi connectivity index (χ0n) is 11.9. The predicted octanol–water partition coefficient (Wildman–Crippen LogP) is 1.12. The van der Waals surface area contributed by atoms with Gasteiger partial charge in [0.1, 0.15) is 6.10 Å². The van der Waals surface area contributed by atoms with Gasteiger partial charge in [-0.25, -0.2) is 4.79 Å². The lowest BCUT2D eigenvalue weighted by atomic mass is 9.99. The number of hydrogen-bond donors (Lipinski definition) is 3. The summed E-state index contributed by atoms with van der Waals surface area (Å²) in [5, 5.41) is 19.9. The fraction of sp³-hybridized carbons (Fsp3) is 0.429. The summed E-state index contributed by atoms with van der Waals surface area (Å²) in [6.45, 7) is 1.44. The maximum absolute atomic E-state index is 11.4. The second-order valence-electron chi connectivity index (χ2n) is 4.48. The average molecular weight is 313 g/mol. The SMILES string of the molecule is COC(=O)c1ccc(C(O)C(O)CCSC(C)=O)c(N)c1. The number of aliphatic hydroxyl groups excluding tert-OH is 2. The Labute approximate surface area is 127 Å². The van der Waals surface area contributed by atoms with Crippen molar-refractivity contribution in [2.75, 3.05) is 18.6 Å². The second kappa shape index (κ2) is 8.02. The van der Waals surface area contributed by atoms with E-state index in [0.29, 0.717) is 11.3 Å². The lowest BCUT2D eigenvalue weighted by Gasteiger charge is -2.19. The molecule has 0 radical (unpaired) electrons. The fourth-order valence-corrected chi connectivity index (χ4v) is 2.42. The zero-order valence-corrected chi connectivity index (χ0v) is 12.7. The minimum absolute atomic E-state index is 0.0429. The summed E-state index contributed by atoms with van der Waals surface area (Å²) >= 11 is 1.08. The second-order valence-corrected chi connectivity index (χ2v) is 5.75. The number of esters is 1. The summed E-state index contributed by atoms with van der Waals surface area (Å²) in [6, 6.07) is 4.34. The third-order valence-electron chi connectivity index (χ3n) is 2.91. The quantitative estimate of drug-likeness (QED) is 0.533. The number of anilines is 1. The monoisotopic (exact) mass is 313 g/mol. The number of methoxy groups -OCH3 is 1. The van der Waals surface area contributed by atoms with Gasteiger partial charge >= 0.3 is 5.97 Å². The lowest BCUT2D eigenvalue weighted by Crippen LogP contribution is -2.20. The first kappa shape index (κ1) is 17.5. The van der Waals surface area contributed by atoms with E-state index in [4.69, 9.17) is 5.73 Å². The van der Waals surface area contributed by atoms with E-state index in [9.17, 15) is 19.8 Å². The minimum Gasteiger partial charge on any atom is -0.465 e. The van der Waals surface area contributed by atoms with Crippen molar-refractivity contribution in [3.8, 4) is 0 Å². The van der Waals surface area contributed by atoms with Gasteiger partial charge in [0.05, 0.1) is 18.8 Å². The normalized spacial score (nSPS) is 13.5. The number of carbonyl (C=O) groups is 2. The van der Waals surface area contributed by atoms with Gasteiger partial charge in [-0.2, -0.15) is 0 Å². The van der Waals surface area contributed by atoms with E-state index in [2.05, 4.69) is 4.74 Å². The predicted molar refractivity (Wildman–Crippen MR) is 80.9 cm³/mol. The molecule has 0 aliphatic heterocycles. The minimum atomic E-state index is -1.18. The molecule has 6 nitrogen and oxygen atoms in total. The Morgan fingerprint density at radius 3 is 2.57 bits per heavy atom. The van der Waals surface area contributed by atoms with Gasteiger partial charge in [-0.05, 0) is 18.6 Å². The van der Waals surface area contributed by atoms with Gasteiger partial charge in [0.25, 0.3) is 0 Å². The number of ether oxygens (including phenoxy) is 1. The van der Waals surface area contributed by atoms with Crippen LogP contribution in [0.5, 0.6) is 0 Å². The summed E-state index contributed by atoms with van der Waals surface area (Å²) in [5.74, 6) is -0.116. The Kier molecular flexibility index (Phi) is 6.67. The molecule has 1 aromatic carbocycles. The molecule has 0 saturated heterocycles. The van der Waals surface area contributed by atoms with Crippen LogP contribution in [0, 0.1) is 0 Å². The van der Waals surface area contributed by atoms with E-state index in [0.717, 1.165) is 11.8 Å². The van der Waals surface area contributed by atoms with Crippen LogP contribution in [0.25, 0.3) is 0 Å². The van der Waals surface area contributed by atoms with Crippen LogP contribution in [-0.4, -0.2) is 40.3 Å².